The number of hydrogen-bond acceptors (Lipinski definition) is 5. The molecule has 2 bridgehead atoms. The molecule has 0 unspecified atom stereocenters. The first-order chi connectivity index (χ1) is 13.0. The van der Waals surface area contributed by atoms with Gasteiger partial charge in [0.25, 0.3) is 11.8 Å². The minimum Gasteiger partial charge on any atom is -0.493 e. The lowest BCUT2D eigenvalue weighted by atomic mass is 9.63. The maximum absolute atomic E-state index is 12.9. The number of allylic oxidation sites excluding steroid dienone is 2. The SMILES string of the molecule is COc1cc(/C=N\N2C(=O)[C@H]3[C@@H]4C=C[C@H]([C@@H]5C[C@H]45)[C@@H]3C2=O)cc(I)c1OC. The van der Waals surface area contributed by atoms with E-state index in [9.17, 15) is 9.59 Å². The highest BCUT2D eigenvalue weighted by Crippen LogP contribution is 2.65. The molecule has 1 aromatic carbocycles. The standard InChI is InChI=1S/C20H19IN2O4/c1-26-15-6-9(5-14(21)18(15)27-2)8-22-23-19(24)16-10-3-4-11(13-7-12(10)13)17(16)20(23)25/h3-6,8,10-13,16-17H,7H2,1-2H3/b22-8-/t10-,11-,12-,13+,16+,17+/m1/s1. The summed E-state index contributed by atoms with van der Waals surface area (Å²) in [6, 6.07) is 3.66. The van der Waals surface area contributed by atoms with Gasteiger partial charge in [-0.2, -0.15) is 10.1 Å². The first-order valence-corrected chi connectivity index (χ1v) is 10.1. The lowest BCUT2D eigenvalue weighted by Gasteiger charge is -2.37. The summed E-state index contributed by atoms with van der Waals surface area (Å²) in [6.07, 6.45) is 7.03. The molecule has 0 N–H and O–H groups in total. The molecule has 5 aliphatic rings. The molecule has 3 fully saturated rings. The van der Waals surface area contributed by atoms with Crippen LogP contribution in [-0.2, 0) is 9.59 Å². The molecule has 1 saturated heterocycles. The van der Waals surface area contributed by atoms with Crippen molar-refractivity contribution in [1.82, 2.24) is 5.01 Å². The van der Waals surface area contributed by atoms with E-state index in [0.717, 1.165) is 20.6 Å². The van der Waals surface area contributed by atoms with Gasteiger partial charge in [0.2, 0.25) is 0 Å². The van der Waals surface area contributed by atoms with Crippen LogP contribution in [0, 0.1) is 39.1 Å². The van der Waals surface area contributed by atoms with Crippen LogP contribution < -0.4 is 9.47 Å². The lowest BCUT2D eigenvalue weighted by Crippen LogP contribution is -2.40. The van der Waals surface area contributed by atoms with Crippen molar-refractivity contribution in [2.45, 2.75) is 6.42 Å². The normalized spacial score (nSPS) is 35.6. The Morgan fingerprint density at radius 2 is 1.70 bits per heavy atom. The van der Waals surface area contributed by atoms with Crippen LogP contribution in [-0.4, -0.2) is 37.3 Å². The van der Waals surface area contributed by atoms with Crippen LogP contribution in [0.1, 0.15) is 12.0 Å². The zero-order valence-corrected chi connectivity index (χ0v) is 17.1. The number of amides is 2. The second kappa shape index (κ2) is 6.05. The highest BCUT2D eigenvalue weighted by Gasteiger charge is 2.67. The van der Waals surface area contributed by atoms with Crippen molar-refractivity contribution in [3.05, 3.63) is 33.4 Å². The molecule has 6 nitrogen and oxygen atoms in total. The van der Waals surface area contributed by atoms with E-state index in [4.69, 9.17) is 9.47 Å². The number of ether oxygens (including phenoxy) is 2. The second-order valence-corrected chi connectivity index (χ2v) is 8.79. The van der Waals surface area contributed by atoms with Gasteiger partial charge in [-0.05, 0) is 70.4 Å². The summed E-state index contributed by atoms with van der Waals surface area (Å²) in [6.45, 7) is 0. The van der Waals surface area contributed by atoms with E-state index < -0.39 is 0 Å². The smallest absolute Gasteiger partial charge is 0.254 e. The zero-order chi connectivity index (χ0) is 18.9. The van der Waals surface area contributed by atoms with Gasteiger partial charge in [0, 0.05) is 0 Å². The predicted octanol–water partition coefficient (Wildman–Crippen LogP) is 2.70. The van der Waals surface area contributed by atoms with Gasteiger partial charge < -0.3 is 9.47 Å². The molecule has 2 saturated carbocycles. The molecule has 1 heterocycles. The third-order valence-corrected chi connectivity index (χ3v) is 7.22. The molecule has 4 aliphatic carbocycles. The van der Waals surface area contributed by atoms with E-state index in [1.165, 1.54) is 0 Å². The summed E-state index contributed by atoms with van der Waals surface area (Å²) < 4.78 is 11.6. The van der Waals surface area contributed by atoms with Crippen LogP contribution in [0.3, 0.4) is 0 Å². The summed E-state index contributed by atoms with van der Waals surface area (Å²) in [5.41, 5.74) is 0.747. The van der Waals surface area contributed by atoms with Gasteiger partial charge in [0.05, 0.1) is 35.8 Å². The fourth-order valence-electron chi connectivity index (χ4n) is 5.19. The van der Waals surface area contributed by atoms with Crippen molar-refractivity contribution >= 4 is 40.6 Å². The average Bonchev–Trinajstić information content (AvgIpc) is 3.45. The number of carbonyl (C=O) groups is 2. The van der Waals surface area contributed by atoms with Crippen LogP contribution in [0.2, 0.25) is 0 Å². The minimum atomic E-state index is -0.223. The number of benzene rings is 1. The number of nitrogens with zero attached hydrogens (tertiary/aromatic N) is 2. The molecule has 0 aromatic heterocycles. The van der Waals surface area contributed by atoms with Gasteiger partial charge >= 0.3 is 0 Å². The molecule has 0 radical (unpaired) electrons. The van der Waals surface area contributed by atoms with Crippen molar-refractivity contribution in [3.8, 4) is 11.5 Å². The Morgan fingerprint density at radius 1 is 1.07 bits per heavy atom. The van der Waals surface area contributed by atoms with E-state index in [-0.39, 0.29) is 35.5 Å². The lowest BCUT2D eigenvalue weighted by molar-refractivity contribution is -0.140. The monoisotopic (exact) mass is 478 g/mol. The van der Waals surface area contributed by atoms with Crippen molar-refractivity contribution < 1.29 is 19.1 Å². The zero-order valence-electron chi connectivity index (χ0n) is 15.0. The van der Waals surface area contributed by atoms with Gasteiger partial charge in [0.15, 0.2) is 11.5 Å². The highest BCUT2D eigenvalue weighted by atomic mass is 127. The maximum atomic E-state index is 12.9. The van der Waals surface area contributed by atoms with Crippen LogP contribution in [0.25, 0.3) is 0 Å². The molecule has 6 atom stereocenters. The molecule has 6 rings (SSSR count). The predicted molar refractivity (Wildman–Crippen MR) is 106 cm³/mol. The van der Waals surface area contributed by atoms with Crippen LogP contribution in [0.15, 0.2) is 29.4 Å². The Bertz CT molecular complexity index is 875. The number of rotatable bonds is 4. The largest absolute Gasteiger partial charge is 0.493 e. The van der Waals surface area contributed by atoms with Gasteiger partial charge in [-0.25, -0.2) is 0 Å². The Hall–Kier alpha value is -1.90. The first-order valence-electron chi connectivity index (χ1n) is 9.06. The van der Waals surface area contributed by atoms with Crippen molar-refractivity contribution in [2.75, 3.05) is 14.2 Å². The number of imide groups is 1. The molecule has 1 aliphatic heterocycles. The first kappa shape index (κ1) is 17.2. The molecular weight excluding hydrogens is 459 g/mol. The molecule has 2 amide bonds. The summed E-state index contributed by atoms with van der Waals surface area (Å²) in [4.78, 5) is 25.9. The second-order valence-electron chi connectivity index (χ2n) is 7.63. The number of carbonyl (C=O) groups excluding carboxylic acids is 2. The fourth-order valence-corrected chi connectivity index (χ4v) is 6.04. The molecule has 27 heavy (non-hydrogen) atoms. The van der Waals surface area contributed by atoms with Gasteiger partial charge in [-0.1, -0.05) is 12.2 Å². The topological polar surface area (TPSA) is 68.2 Å². The minimum absolute atomic E-state index is 0.152. The van der Waals surface area contributed by atoms with E-state index in [0.29, 0.717) is 23.3 Å². The Balaban J connectivity index is 1.43. The third kappa shape index (κ3) is 2.40. The van der Waals surface area contributed by atoms with E-state index >= 15 is 0 Å². The summed E-state index contributed by atoms with van der Waals surface area (Å²) in [7, 11) is 3.16. The highest BCUT2D eigenvalue weighted by molar-refractivity contribution is 14.1. The van der Waals surface area contributed by atoms with Crippen LogP contribution in [0.5, 0.6) is 11.5 Å². The van der Waals surface area contributed by atoms with Gasteiger partial charge in [-0.3, -0.25) is 9.59 Å². The number of hydrogen-bond donors (Lipinski definition) is 0. The Labute approximate surface area is 170 Å². The van der Waals surface area contributed by atoms with E-state index in [2.05, 4.69) is 39.8 Å². The molecule has 7 heteroatoms. The number of halogens is 1. The van der Waals surface area contributed by atoms with Gasteiger partial charge in [-0.15, -0.1) is 0 Å². The molecule has 140 valence electrons. The maximum Gasteiger partial charge on any atom is 0.254 e. The summed E-state index contributed by atoms with van der Waals surface area (Å²) in [5.74, 6) is 2.09. The molecular formula is C20H19IN2O4. The van der Waals surface area contributed by atoms with Crippen molar-refractivity contribution in [2.24, 2.45) is 40.6 Å². The molecule has 0 spiro atoms. The van der Waals surface area contributed by atoms with Crippen LogP contribution in [0.4, 0.5) is 0 Å². The Kier molecular flexibility index (Phi) is 3.86. The molecule has 1 aromatic rings. The number of methoxy groups -OCH3 is 2. The van der Waals surface area contributed by atoms with Crippen molar-refractivity contribution in [1.29, 1.82) is 0 Å². The summed E-state index contributed by atoms with van der Waals surface area (Å²) in [5, 5.41) is 5.36. The van der Waals surface area contributed by atoms with Gasteiger partial charge in [0.1, 0.15) is 0 Å². The van der Waals surface area contributed by atoms with Crippen molar-refractivity contribution in [3.63, 3.8) is 0 Å². The average molecular weight is 478 g/mol. The van der Waals surface area contributed by atoms with Crippen LogP contribution >= 0.6 is 22.6 Å². The summed E-state index contributed by atoms with van der Waals surface area (Å²) >= 11 is 2.16. The number of hydrazone groups is 1. The third-order valence-electron chi connectivity index (χ3n) is 6.42. The Morgan fingerprint density at radius 3 is 2.26 bits per heavy atom. The quantitative estimate of drug-likeness (QED) is 0.289. The van der Waals surface area contributed by atoms with E-state index in [1.54, 1.807) is 26.5 Å². The fraction of sp³-hybridized carbons (Fsp3) is 0.450. The van der Waals surface area contributed by atoms with E-state index in [1.807, 2.05) is 6.07 Å².